The van der Waals surface area contributed by atoms with Crippen LogP contribution in [-0.2, 0) is 6.54 Å². The predicted molar refractivity (Wildman–Crippen MR) is 104 cm³/mol. The topological polar surface area (TPSA) is 62.8 Å². The molecule has 1 aromatic rings. The molecule has 2 N–H and O–H groups in total. The fraction of sp³-hybridized carbons (Fsp3) is 0.650. The number of amides is 2. The lowest BCUT2D eigenvalue weighted by molar-refractivity contribution is 0.189. The van der Waals surface area contributed by atoms with E-state index < -0.39 is 0 Å². The number of carbonyl (C=O) groups excluding carboxylic acids is 1. The number of nitrogens with zero attached hydrogens (tertiary/aromatic N) is 1. The summed E-state index contributed by atoms with van der Waals surface area (Å²) in [6, 6.07) is 5.40. The molecule has 0 unspecified atom stereocenters. The van der Waals surface area contributed by atoms with E-state index in [1.807, 2.05) is 18.2 Å². The van der Waals surface area contributed by atoms with Crippen molar-refractivity contribution in [3.8, 4) is 11.5 Å². The average Bonchev–Trinajstić information content (AvgIpc) is 2.67. The van der Waals surface area contributed by atoms with Crippen LogP contribution in [0.3, 0.4) is 0 Å². The molecule has 0 atom stereocenters. The molecule has 1 aliphatic rings. The SMILES string of the molecule is COc1ccc(OC)c(CNC(=O)NCCCCN2CCC(C)CC2)c1. The number of nitrogens with one attached hydrogen (secondary N) is 2. The summed E-state index contributed by atoms with van der Waals surface area (Å²) >= 11 is 0. The van der Waals surface area contributed by atoms with Crippen molar-refractivity contribution in [3.05, 3.63) is 23.8 Å². The lowest BCUT2D eigenvalue weighted by Gasteiger charge is -2.30. The Hall–Kier alpha value is -1.95. The minimum atomic E-state index is -0.151. The highest BCUT2D eigenvalue weighted by Crippen LogP contribution is 2.23. The standard InChI is InChI=1S/C20H33N3O3/c1-16-8-12-23(13-9-16)11-5-4-10-21-20(24)22-15-17-14-18(25-2)6-7-19(17)26-3/h6-7,14,16H,4-5,8-13,15H2,1-3H3,(H2,21,22,24). The van der Waals surface area contributed by atoms with E-state index >= 15 is 0 Å². The minimum Gasteiger partial charge on any atom is -0.497 e. The summed E-state index contributed by atoms with van der Waals surface area (Å²) in [7, 11) is 3.24. The van der Waals surface area contributed by atoms with Crippen LogP contribution in [-0.4, -0.2) is 51.3 Å². The first kappa shape index (κ1) is 20.4. The highest BCUT2D eigenvalue weighted by Gasteiger charge is 2.14. The molecule has 0 spiro atoms. The molecular formula is C20H33N3O3. The van der Waals surface area contributed by atoms with Gasteiger partial charge in [0.2, 0.25) is 0 Å². The number of ether oxygens (including phenoxy) is 2. The molecular weight excluding hydrogens is 330 g/mol. The highest BCUT2D eigenvalue weighted by atomic mass is 16.5. The number of benzene rings is 1. The van der Waals surface area contributed by atoms with E-state index in [-0.39, 0.29) is 6.03 Å². The lowest BCUT2D eigenvalue weighted by Crippen LogP contribution is -2.36. The third-order valence-electron chi connectivity index (χ3n) is 4.99. The molecule has 1 fully saturated rings. The number of hydrogen-bond donors (Lipinski definition) is 2. The molecule has 1 saturated heterocycles. The monoisotopic (exact) mass is 363 g/mol. The van der Waals surface area contributed by atoms with Gasteiger partial charge >= 0.3 is 6.03 Å². The first-order valence-electron chi connectivity index (χ1n) is 9.57. The second kappa shape index (κ2) is 10.9. The van der Waals surface area contributed by atoms with Gasteiger partial charge in [-0.3, -0.25) is 0 Å². The van der Waals surface area contributed by atoms with Gasteiger partial charge in [0.15, 0.2) is 0 Å². The average molecular weight is 364 g/mol. The fourth-order valence-corrected chi connectivity index (χ4v) is 3.21. The molecule has 26 heavy (non-hydrogen) atoms. The van der Waals surface area contributed by atoms with Crippen LogP contribution in [0.4, 0.5) is 4.79 Å². The summed E-state index contributed by atoms with van der Waals surface area (Å²) in [5.74, 6) is 2.36. The Kier molecular flexibility index (Phi) is 8.54. The maximum Gasteiger partial charge on any atom is 0.315 e. The van der Waals surface area contributed by atoms with Gasteiger partial charge in [-0.2, -0.15) is 0 Å². The first-order valence-corrected chi connectivity index (χ1v) is 9.57. The van der Waals surface area contributed by atoms with Gasteiger partial charge in [-0.1, -0.05) is 6.92 Å². The van der Waals surface area contributed by atoms with Crippen LogP contribution < -0.4 is 20.1 Å². The molecule has 0 aliphatic carbocycles. The zero-order valence-corrected chi connectivity index (χ0v) is 16.3. The minimum absolute atomic E-state index is 0.151. The van der Waals surface area contributed by atoms with E-state index in [4.69, 9.17) is 9.47 Å². The van der Waals surface area contributed by atoms with Crippen molar-refractivity contribution in [2.75, 3.05) is 40.4 Å². The molecule has 146 valence electrons. The summed E-state index contributed by atoms with van der Waals surface area (Å²) in [6.07, 6.45) is 4.75. The number of urea groups is 1. The van der Waals surface area contributed by atoms with Crippen LogP contribution in [0.5, 0.6) is 11.5 Å². The Bertz CT molecular complexity index is 557. The van der Waals surface area contributed by atoms with Crippen LogP contribution in [0.15, 0.2) is 18.2 Å². The smallest absolute Gasteiger partial charge is 0.315 e. The van der Waals surface area contributed by atoms with Crippen LogP contribution in [0.25, 0.3) is 0 Å². The summed E-state index contributed by atoms with van der Waals surface area (Å²) in [6.45, 7) is 7.01. The highest BCUT2D eigenvalue weighted by molar-refractivity contribution is 5.73. The number of methoxy groups -OCH3 is 2. The van der Waals surface area contributed by atoms with Gasteiger partial charge < -0.3 is 25.0 Å². The van der Waals surface area contributed by atoms with Gasteiger partial charge in [0, 0.05) is 18.7 Å². The van der Waals surface area contributed by atoms with Crippen molar-refractivity contribution >= 4 is 6.03 Å². The maximum atomic E-state index is 12.0. The summed E-state index contributed by atoms with van der Waals surface area (Å²) in [4.78, 5) is 14.5. The van der Waals surface area contributed by atoms with E-state index in [9.17, 15) is 4.79 Å². The van der Waals surface area contributed by atoms with E-state index in [1.54, 1.807) is 14.2 Å². The first-order chi connectivity index (χ1) is 12.6. The number of piperidine rings is 1. The quantitative estimate of drug-likeness (QED) is 0.662. The molecule has 1 heterocycles. The third kappa shape index (κ3) is 6.75. The number of unbranched alkanes of at least 4 members (excludes halogenated alkanes) is 1. The van der Waals surface area contributed by atoms with Crippen molar-refractivity contribution in [1.82, 2.24) is 15.5 Å². The zero-order valence-electron chi connectivity index (χ0n) is 16.3. The Morgan fingerprint density at radius 1 is 1.15 bits per heavy atom. The molecule has 0 saturated carbocycles. The largest absolute Gasteiger partial charge is 0.497 e. The molecule has 1 aromatic carbocycles. The molecule has 6 heteroatoms. The van der Waals surface area contributed by atoms with Crippen LogP contribution in [0, 0.1) is 5.92 Å². The third-order valence-corrected chi connectivity index (χ3v) is 4.99. The van der Waals surface area contributed by atoms with Gasteiger partial charge in [-0.25, -0.2) is 4.79 Å². The lowest BCUT2D eigenvalue weighted by atomic mass is 9.99. The zero-order chi connectivity index (χ0) is 18.8. The van der Waals surface area contributed by atoms with Gasteiger partial charge in [0.1, 0.15) is 11.5 Å². The number of likely N-dealkylation sites (tertiary alicyclic amines) is 1. The second-order valence-corrected chi connectivity index (χ2v) is 7.02. The van der Waals surface area contributed by atoms with E-state index in [2.05, 4.69) is 22.5 Å². The molecule has 6 nitrogen and oxygen atoms in total. The fourth-order valence-electron chi connectivity index (χ4n) is 3.21. The van der Waals surface area contributed by atoms with Gasteiger partial charge in [-0.15, -0.1) is 0 Å². The molecule has 0 aromatic heterocycles. The Labute approximate surface area is 157 Å². The predicted octanol–water partition coefficient (Wildman–Crippen LogP) is 3.02. The van der Waals surface area contributed by atoms with E-state index in [0.717, 1.165) is 42.4 Å². The van der Waals surface area contributed by atoms with Crippen molar-refractivity contribution in [3.63, 3.8) is 0 Å². The molecule has 0 radical (unpaired) electrons. The summed E-state index contributed by atoms with van der Waals surface area (Å²) in [5, 5.41) is 5.80. The molecule has 1 aliphatic heterocycles. The van der Waals surface area contributed by atoms with Gasteiger partial charge in [0.25, 0.3) is 0 Å². The maximum absolute atomic E-state index is 12.0. The van der Waals surface area contributed by atoms with Crippen LogP contribution in [0.2, 0.25) is 0 Å². The number of rotatable bonds is 9. The van der Waals surface area contributed by atoms with Crippen molar-refractivity contribution in [1.29, 1.82) is 0 Å². The Morgan fingerprint density at radius 2 is 1.92 bits per heavy atom. The molecule has 2 amide bonds. The van der Waals surface area contributed by atoms with Crippen LogP contribution in [0.1, 0.15) is 38.2 Å². The summed E-state index contributed by atoms with van der Waals surface area (Å²) in [5.41, 5.74) is 0.890. The number of carbonyl (C=O) groups is 1. The molecule has 2 rings (SSSR count). The normalized spacial score (nSPS) is 15.5. The molecule has 0 bridgehead atoms. The Morgan fingerprint density at radius 3 is 2.62 bits per heavy atom. The van der Waals surface area contributed by atoms with Crippen LogP contribution >= 0.6 is 0 Å². The van der Waals surface area contributed by atoms with Crippen molar-refractivity contribution in [2.24, 2.45) is 5.92 Å². The number of hydrogen-bond acceptors (Lipinski definition) is 4. The van der Waals surface area contributed by atoms with Gasteiger partial charge in [-0.05, 0) is 69.4 Å². The van der Waals surface area contributed by atoms with E-state index in [1.165, 1.54) is 25.9 Å². The van der Waals surface area contributed by atoms with Gasteiger partial charge in [0.05, 0.1) is 14.2 Å². The van der Waals surface area contributed by atoms with Crippen molar-refractivity contribution < 1.29 is 14.3 Å². The summed E-state index contributed by atoms with van der Waals surface area (Å²) < 4.78 is 10.5. The Balaban J connectivity index is 1.60. The van der Waals surface area contributed by atoms with E-state index in [0.29, 0.717) is 13.1 Å². The van der Waals surface area contributed by atoms with Crippen molar-refractivity contribution in [2.45, 2.75) is 39.2 Å². The second-order valence-electron chi connectivity index (χ2n) is 7.02.